The van der Waals surface area contributed by atoms with Crippen LogP contribution in [0.4, 0.5) is 0 Å². The molecule has 0 aliphatic rings. The normalized spacial score (nSPS) is 11.9. The molecule has 1 heterocycles. The van der Waals surface area contributed by atoms with Gasteiger partial charge in [0.25, 0.3) is 0 Å². The van der Waals surface area contributed by atoms with E-state index in [4.69, 9.17) is 10.2 Å². The number of hydrogen-bond donors (Lipinski definition) is 2. The number of aromatic nitrogens is 1. The summed E-state index contributed by atoms with van der Waals surface area (Å²) in [5.41, 5.74) is 5.58. The highest BCUT2D eigenvalue weighted by atomic mass is 16.4. The Labute approximate surface area is 192 Å². The zero-order valence-electron chi connectivity index (χ0n) is 19.2. The van der Waals surface area contributed by atoms with Crippen LogP contribution in [0, 0.1) is 0 Å². The van der Waals surface area contributed by atoms with Crippen LogP contribution in [-0.4, -0.2) is 35.1 Å². The van der Waals surface area contributed by atoms with E-state index < -0.39 is 5.60 Å². The van der Waals surface area contributed by atoms with Gasteiger partial charge in [-0.25, -0.2) is 4.98 Å². The molecule has 0 fully saturated rings. The molecule has 3 rings (SSSR count). The molecule has 5 heteroatoms. The third kappa shape index (κ3) is 6.52. The summed E-state index contributed by atoms with van der Waals surface area (Å²) < 4.78 is 6.10. The Morgan fingerprint density at radius 3 is 1.94 bits per heavy atom. The predicted molar refractivity (Wildman–Crippen MR) is 129 cm³/mol. The first-order valence-electron chi connectivity index (χ1n) is 11.8. The highest BCUT2D eigenvalue weighted by Gasteiger charge is 2.38. The topological polar surface area (TPSA) is 75.5 Å². The Morgan fingerprint density at radius 1 is 0.844 bits per heavy atom. The van der Waals surface area contributed by atoms with Crippen molar-refractivity contribution < 1.29 is 9.52 Å². The Kier molecular flexibility index (Phi) is 9.47. The Morgan fingerprint density at radius 2 is 1.38 bits per heavy atom. The molecule has 3 N–H and O–H groups in total. The number of hydrogen-bond acceptors (Lipinski definition) is 5. The van der Waals surface area contributed by atoms with E-state index in [1.54, 1.807) is 6.20 Å². The maximum Gasteiger partial charge on any atom is 0.236 e. The van der Waals surface area contributed by atoms with Crippen LogP contribution in [0.1, 0.15) is 67.7 Å². The highest BCUT2D eigenvalue weighted by molar-refractivity contribution is 5.41. The minimum Gasteiger partial charge on any atom is -0.441 e. The minimum atomic E-state index is -1.43. The van der Waals surface area contributed by atoms with E-state index in [1.807, 2.05) is 60.7 Å². The lowest BCUT2D eigenvalue weighted by atomic mass is 9.86. The van der Waals surface area contributed by atoms with E-state index in [9.17, 15) is 5.11 Å². The summed E-state index contributed by atoms with van der Waals surface area (Å²) in [5.74, 6) is 1.06. The Hall–Kier alpha value is -2.47. The van der Waals surface area contributed by atoms with Crippen LogP contribution in [0.5, 0.6) is 0 Å². The van der Waals surface area contributed by atoms with Crippen LogP contribution in [0.25, 0.3) is 0 Å². The van der Waals surface area contributed by atoms with Gasteiger partial charge in [-0.1, -0.05) is 92.8 Å². The number of rotatable bonds is 14. The van der Waals surface area contributed by atoms with E-state index in [1.165, 1.54) is 38.5 Å². The molecule has 5 nitrogen and oxygen atoms in total. The van der Waals surface area contributed by atoms with E-state index in [0.717, 1.165) is 36.4 Å². The molecule has 2 aromatic carbocycles. The number of unbranched alkanes of at least 4 members (excludes halogenated alkanes) is 6. The molecule has 3 aromatic rings. The summed E-state index contributed by atoms with van der Waals surface area (Å²) in [6.45, 7) is 2.49. The molecule has 0 amide bonds. The molecule has 1 aromatic heterocycles. The van der Waals surface area contributed by atoms with Gasteiger partial charge in [-0.05, 0) is 44.1 Å². The lowest BCUT2D eigenvalue weighted by Gasteiger charge is -2.26. The average Bonchev–Trinajstić information content (AvgIpc) is 3.30. The van der Waals surface area contributed by atoms with Gasteiger partial charge in [-0.2, -0.15) is 0 Å². The van der Waals surface area contributed by atoms with E-state index in [-0.39, 0.29) is 0 Å². The molecular formula is C27H37N3O2. The van der Waals surface area contributed by atoms with Crippen LogP contribution < -0.4 is 5.73 Å². The summed E-state index contributed by atoms with van der Waals surface area (Å²) in [6.07, 6.45) is 10.4. The number of oxazole rings is 1. The van der Waals surface area contributed by atoms with Crippen molar-refractivity contribution in [2.24, 2.45) is 5.73 Å². The average molecular weight is 436 g/mol. The maximum atomic E-state index is 11.8. The third-order valence-electron chi connectivity index (χ3n) is 5.92. The van der Waals surface area contributed by atoms with Crippen molar-refractivity contribution in [3.05, 3.63) is 89.6 Å². The van der Waals surface area contributed by atoms with Gasteiger partial charge in [-0.15, -0.1) is 0 Å². The lowest BCUT2D eigenvalue weighted by molar-refractivity contribution is 0.0900. The monoisotopic (exact) mass is 435 g/mol. The van der Waals surface area contributed by atoms with Gasteiger partial charge in [0.1, 0.15) is 5.76 Å². The summed E-state index contributed by atoms with van der Waals surface area (Å²) >= 11 is 0. The summed E-state index contributed by atoms with van der Waals surface area (Å²) in [4.78, 5) is 6.74. The molecule has 0 unspecified atom stereocenters. The minimum absolute atomic E-state index is 0.302. The fraction of sp³-hybridized carbons (Fsp3) is 0.444. The van der Waals surface area contributed by atoms with E-state index in [0.29, 0.717) is 12.4 Å². The zero-order chi connectivity index (χ0) is 22.7. The molecule has 0 spiro atoms. The molecule has 0 aliphatic carbocycles. The van der Waals surface area contributed by atoms with Crippen LogP contribution in [0.2, 0.25) is 0 Å². The summed E-state index contributed by atoms with van der Waals surface area (Å²) in [5, 5.41) is 11.8. The highest BCUT2D eigenvalue weighted by Crippen LogP contribution is 2.36. The fourth-order valence-corrected chi connectivity index (χ4v) is 4.08. The largest absolute Gasteiger partial charge is 0.441 e. The van der Waals surface area contributed by atoms with E-state index >= 15 is 0 Å². The number of aliphatic hydroxyl groups is 1. The van der Waals surface area contributed by atoms with Gasteiger partial charge in [0.2, 0.25) is 5.89 Å². The second kappa shape index (κ2) is 12.5. The molecule has 0 bridgehead atoms. The van der Waals surface area contributed by atoms with Gasteiger partial charge in [0.15, 0.2) is 5.60 Å². The standard InChI is InChI=1S/C27H37N3O2/c1-30(20-14-6-4-2-3-5-13-19-28)22-25-21-29-26(32-25)27(31,23-15-9-7-10-16-23)24-17-11-8-12-18-24/h7-12,15-18,21,31H,2-6,13-14,19-20,22,28H2,1H3. The third-order valence-corrected chi connectivity index (χ3v) is 5.92. The fourth-order valence-electron chi connectivity index (χ4n) is 4.08. The molecule has 172 valence electrons. The van der Waals surface area contributed by atoms with Crippen LogP contribution in [-0.2, 0) is 12.1 Å². The van der Waals surface area contributed by atoms with Crippen molar-refractivity contribution in [3.8, 4) is 0 Å². The quantitative estimate of drug-likeness (QED) is 0.345. The molecular weight excluding hydrogens is 398 g/mol. The Bertz CT molecular complexity index is 856. The van der Waals surface area contributed by atoms with Crippen molar-refractivity contribution in [2.45, 2.75) is 57.1 Å². The van der Waals surface area contributed by atoms with Crippen molar-refractivity contribution in [2.75, 3.05) is 20.1 Å². The first-order chi connectivity index (χ1) is 15.6. The van der Waals surface area contributed by atoms with Crippen molar-refractivity contribution in [3.63, 3.8) is 0 Å². The Balaban J connectivity index is 1.58. The SMILES string of the molecule is CN(CCCCCCCCCN)Cc1cnc(C(O)(c2ccccc2)c2ccccc2)o1. The molecule has 32 heavy (non-hydrogen) atoms. The van der Waals surface area contributed by atoms with Gasteiger partial charge in [0, 0.05) is 0 Å². The summed E-state index contributed by atoms with van der Waals surface area (Å²) in [6, 6.07) is 19.1. The lowest BCUT2D eigenvalue weighted by Crippen LogP contribution is -2.29. The number of nitrogens with zero attached hydrogens (tertiary/aromatic N) is 2. The number of nitrogens with two attached hydrogens (primary N) is 1. The second-order valence-corrected chi connectivity index (χ2v) is 8.58. The van der Waals surface area contributed by atoms with Crippen molar-refractivity contribution in [1.29, 1.82) is 0 Å². The van der Waals surface area contributed by atoms with Crippen molar-refractivity contribution in [1.82, 2.24) is 9.88 Å². The smallest absolute Gasteiger partial charge is 0.236 e. The molecule has 0 radical (unpaired) electrons. The van der Waals surface area contributed by atoms with Gasteiger partial charge < -0.3 is 15.3 Å². The first kappa shape index (κ1) is 24.2. The van der Waals surface area contributed by atoms with Crippen LogP contribution >= 0.6 is 0 Å². The van der Waals surface area contributed by atoms with Gasteiger partial charge in [0.05, 0.1) is 12.7 Å². The van der Waals surface area contributed by atoms with E-state index in [2.05, 4.69) is 16.9 Å². The van der Waals surface area contributed by atoms with Crippen LogP contribution in [0.15, 0.2) is 71.3 Å². The molecule has 0 saturated heterocycles. The van der Waals surface area contributed by atoms with Gasteiger partial charge >= 0.3 is 0 Å². The molecule has 0 saturated carbocycles. The number of benzene rings is 2. The van der Waals surface area contributed by atoms with Crippen LogP contribution in [0.3, 0.4) is 0 Å². The van der Waals surface area contributed by atoms with Gasteiger partial charge in [-0.3, -0.25) is 4.90 Å². The maximum absolute atomic E-state index is 11.8. The predicted octanol–water partition coefficient (Wildman–Crippen LogP) is 5.08. The van der Waals surface area contributed by atoms with Crippen molar-refractivity contribution >= 4 is 0 Å². The first-order valence-corrected chi connectivity index (χ1v) is 11.8. The molecule has 0 atom stereocenters. The molecule has 0 aliphatic heterocycles. The second-order valence-electron chi connectivity index (χ2n) is 8.58. The summed E-state index contributed by atoms with van der Waals surface area (Å²) in [7, 11) is 2.10. The zero-order valence-corrected chi connectivity index (χ0v) is 19.2.